The summed E-state index contributed by atoms with van der Waals surface area (Å²) < 4.78 is 6.04. The fourth-order valence-corrected chi connectivity index (χ4v) is 4.52. The number of nitrogens with zero attached hydrogens (tertiary/aromatic N) is 3. The predicted octanol–water partition coefficient (Wildman–Crippen LogP) is 5.41. The summed E-state index contributed by atoms with van der Waals surface area (Å²) in [6.45, 7) is 2.05. The number of nitrogens with one attached hydrogen (secondary N) is 1. The van der Waals surface area contributed by atoms with Crippen LogP contribution in [0.15, 0.2) is 54.9 Å². The summed E-state index contributed by atoms with van der Waals surface area (Å²) >= 11 is 0. The molecular formula is C26H26N4O3. The second kappa shape index (κ2) is 9.02. The van der Waals surface area contributed by atoms with E-state index in [1.165, 1.54) is 0 Å². The molecule has 0 amide bonds. The largest absolute Gasteiger partial charge is 0.481 e. The Morgan fingerprint density at radius 1 is 1.09 bits per heavy atom. The molecule has 3 aromatic heterocycles. The summed E-state index contributed by atoms with van der Waals surface area (Å²) in [5.41, 5.74) is 5.77. The highest BCUT2D eigenvalue weighted by molar-refractivity contribution is 5.80. The van der Waals surface area contributed by atoms with E-state index in [0.717, 1.165) is 64.9 Å². The fourth-order valence-electron chi connectivity index (χ4n) is 4.52. The minimum Gasteiger partial charge on any atom is -0.481 e. The number of carboxylic acids is 1. The van der Waals surface area contributed by atoms with Gasteiger partial charge in [-0.15, -0.1) is 0 Å². The second-order valence-electron chi connectivity index (χ2n) is 8.73. The van der Waals surface area contributed by atoms with Crippen LogP contribution < -0.4 is 4.74 Å². The van der Waals surface area contributed by atoms with E-state index >= 15 is 0 Å². The van der Waals surface area contributed by atoms with E-state index in [-0.39, 0.29) is 18.4 Å². The molecule has 3 heterocycles. The number of benzene rings is 1. The molecule has 0 atom stereocenters. The molecule has 33 heavy (non-hydrogen) atoms. The number of aliphatic carboxylic acids is 1. The SMILES string of the molecule is Cc1cc(-c2ccc(OC3CCC(CC(=O)O)CC3)nc2)ncc1-c1nc2ccccc2[nH]1. The summed E-state index contributed by atoms with van der Waals surface area (Å²) in [5, 5.41) is 8.96. The van der Waals surface area contributed by atoms with Crippen LogP contribution in [0.5, 0.6) is 5.88 Å². The van der Waals surface area contributed by atoms with Crippen molar-refractivity contribution in [3.05, 3.63) is 60.4 Å². The molecule has 5 rings (SSSR count). The molecular weight excluding hydrogens is 416 g/mol. The first-order valence-electron chi connectivity index (χ1n) is 11.3. The molecule has 0 bridgehead atoms. The van der Waals surface area contributed by atoms with Gasteiger partial charge in [-0.3, -0.25) is 9.78 Å². The zero-order chi connectivity index (χ0) is 22.8. The monoisotopic (exact) mass is 442 g/mol. The average molecular weight is 443 g/mol. The van der Waals surface area contributed by atoms with Crippen LogP contribution in [0.4, 0.5) is 0 Å². The molecule has 0 aliphatic heterocycles. The third-order valence-electron chi connectivity index (χ3n) is 6.33. The quantitative estimate of drug-likeness (QED) is 0.414. The molecule has 1 fully saturated rings. The van der Waals surface area contributed by atoms with E-state index in [0.29, 0.717) is 5.88 Å². The van der Waals surface area contributed by atoms with E-state index in [9.17, 15) is 4.79 Å². The Bertz CT molecular complexity index is 1240. The average Bonchev–Trinajstić information content (AvgIpc) is 3.24. The van der Waals surface area contributed by atoms with Crippen LogP contribution in [0, 0.1) is 12.8 Å². The number of fused-ring (bicyclic) bond motifs is 1. The van der Waals surface area contributed by atoms with E-state index in [1.54, 1.807) is 6.20 Å². The second-order valence-corrected chi connectivity index (χ2v) is 8.73. The number of carboxylic acid groups (broad SMARTS) is 1. The highest BCUT2D eigenvalue weighted by Gasteiger charge is 2.24. The van der Waals surface area contributed by atoms with Gasteiger partial charge in [-0.1, -0.05) is 12.1 Å². The number of hydrogen-bond donors (Lipinski definition) is 2. The first kappa shape index (κ1) is 21.1. The van der Waals surface area contributed by atoms with Crippen molar-refractivity contribution in [2.45, 2.75) is 45.1 Å². The summed E-state index contributed by atoms with van der Waals surface area (Å²) in [4.78, 5) is 28.1. The van der Waals surface area contributed by atoms with E-state index in [4.69, 9.17) is 9.84 Å². The number of H-pyrrole nitrogens is 1. The standard InChI is InChI=1S/C26H26N4O3/c1-16-12-23(27-15-20(16)26-29-21-4-2-3-5-22(21)30-26)18-8-11-24(28-14-18)33-19-9-6-17(7-10-19)13-25(31)32/h2-5,8,11-12,14-15,17,19H,6-7,9-10,13H2,1H3,(H,29,30)(H,31,32). The van der Waals surface area contributed by atoms with Gasteiger partial charge in [-0.2, -0.15) is 0 Å². The van der Waals surface area contributed by atoms with Gasteiger partial charge >= 0.3 is 5.97 Å². The first-order chi connectivity index (χ1) is 16.0. The maximum Gasteiger partial charge on any atom is 0.303 e. The number of rotatable bonds is 6. The molecule has 4 aromatic rings. The van der Waals surface area contributed by atoms with Crippen molar-refractivity contribution in [1.29, 1.82) is 0 Å². The van der Waals surface area contributed by atoms with Gasteiger partial charge in [-0.25, -0.2) is 9.97 Å². The van der Waals surface area contributed by atoms with E-state index in [2.05, 4.69) is 26.9 Å². The molecule has 0 radical (unpaired) electrons. The molecule has 1 saturated carbocycles. The van der Waals surface area contributed by atoms with E-state index in [1.807, 2.05) is 48.7 Å². The summed E-state index contributed by atoms with van der Waals surface area (Å²) in [5.74, 6) is 0.948. The molecule has 0 spiro atoms. The van der Waals surface area contributed by atoms with Gasteiger partial charge in [0.2, 0.25) is 5.88 Å². The smallest absolute Gasteiger partial charge is 0.303 e. The number of imidazole rings is 1. The normalized spacial score (nSPS) is 18.3. The Kier molecular flexibility index (Phi) is 5.77. The molecule has 1 aliphatic carbocycles. The van der Waals surface area contributed by atoms with Crippen LogP contribution in [-0.2, 0) is 4.79 Å². The zero-order valence-corrected chi connectivity index (χ0v) is 18.5. The van der Waals surface area contributed by atoms with E-state index < -0.39 is 5.97 Å². The van der Waals surface area contributed by atoms with Gasteiger partial charge in [0.05, 0.1) is 16.7 Å². The molecule has 7 nitrogen and oxygen atoms in total. The van der Waals surface area contributed by atoms with Crippen molar-refractivity contribution < 1.29 is 14.6 Å². The van der Waals surface area contributed by atoms with Gasteiger partial charge in [0.25, 0.3) is 0 Å². The lowest BCUT2D eigenvalue weighted by Gasteiger charge is -2.27. The van der Waals surface area contributed by atoms with Gasteiger partial charge in [0.1, 0.15) is 11.9 Å². The maximum atomic E-state index is 10.9. The number of aryl methyl sites for hydroxylation is 1. The lowest BCUT2D eigenvalue weighted by molar-refractivity contribution is -0.138. The Balaban J connectivity index is 1.25. The topological polar surface area (TPSA) is 101 Å². The fraction of sp³-hybridized carbons (Fsp3) is 0.308. The molecule has 0 unspecified atom stereocenters. The van der Waals surface area contributed by atoms with Crippen molar-refractivity contribution >= 4 is 17.0 Å². The lowest BCUT2D eigenvalue weighted by Crippen LogP contribution is -2.25. The molecule has 168 valence electrons. The number of carbonyl (C=O) groups is 1. The Hall–Kier alpha value is -3.74. The maximum absolute atomic E-state index is 10.9. The van der Waals surface area contributed by atoms with Crippen molar-refractivity contribution in [2.75, 3.05) is 0 Å². The summed E-state index contributed by atoms with van der Waals surface area (Å²) in [7, 11) is 0. The van der Waals surface area contributed by atoms with Crippen LogP contribution in [0.1, 0.15) is 37.7 Å². The molecule has 0 saturated heterocycles. The molecule has 2 N–H and O–H groups in total. The number of aromatic nitrogens is 4. The number of para-hydroxylation sites is 2. The third-order valence-corrected chi connectivity index (χ3v) is 6.33. The van der Waals surface area contributed by atoms with Crippen LogP contribution in [0.2, 0.25) is 0 Å². The van der Waals surface area contributed by atoms with Crippen LogP contribution in [0.25, 0.3) is 33.7 Å². The zero-order valence-electron chi connectivity index (χ0n) is 18.5. The number of hydrogen-bond acceptors (Lipinski definition) is 5. The lowest BCUT2D eigenvalue weighted by atomic mass is 9.85. The van der Waals surface area contributed by atoms with Crippen LogP contribution >= 0.6 is 0 Å². The Labute approximate surface area is 191 Å². The third kappa shape index (κ3) is 4.72. The minimum atomic E-state index is -0.717. The number of pyridine rings is 2. The molecule has 1 aromatic carbocycles. The van der Waals surface area contributed by atoms with Gasteiger partial charge < -0.3 is 14.8 Å². The van der Waals surface area contributed by atoms with Crippen LogP contribution in [-0.4, -0.2) is 37.1 Å². The molecule has 1 aliphatic rings. The Morgan fingerprint density at radius 3 is 2.61 bits per heavy atom. The number of aromatic amines is 1. The minimum absolute atomic E-state index is 0.0943. The van der Waals surface area contributed by atoms with Gasteiger partial charge in [0, 0.05) is 36.0 Å². The number of ether oxygens (including phenoxy) is 1. The van der Waals surface area contributed by atoms with Crippen molar-refractivity contribution in [3.8, 4) is 28.5 Å². The summed E-state index contributed by atoms with van der Waals surface area (Å²) in [6, 6.07) is 13.9. The molecule has 7 heteroatoms. The predicted molar refractivity (Wildman–Crippen MR) is 126 cm³/mol. The van der Waals surface area contributed by atoms with Crippen molar-refractivity contribution in [2.24, 2.45) is 5.92 Å². The van der Waals surface area contributed by atoms with Crippen molar-refractivity contribution in [1.82, 2.24) is 19.9 Å². The first-order valence-corrected chi connectivity index (χ1v) is 11.3. The van der Waals surface area contributed by atoms with Gasteiger partial charge in [0.15, 0.2) is 0 Å². The Morgan fingerprint density at radius 2 is 1.91 bits per heavy atom. The van der Waals surface area contributed by atoms with Crippen molar-refractivity contribution in [3.63, 3.8) is 0 Å². The van der Waals surface area contributed by atoms with Gasteiger partial charge in [-0.05, 0) is 68.4 Å². The van der Waals surface area contributed by atoms with Crippen LogP contribution in [0.3, 0.4) is 0 Å². The summed E-state index contributed by atoms with van der Waals surface area (Å²) in [6.07, 6.45) is 7.48. The highest BCUT2D eigenvalue weighted by Crippen LogP contribution is 2.30. The highest BCUT2D eigenvalue weighted by atomic mass is 16.5.